The lowest BCUT2D eigenvalue weighted by atomic mass is 10.2. The van der Waals surface area contributed by atoms with E-state index in [0.717, 1.165) is 6.42 Å². The monoisotopic (exact) mass is 204 g/mol. The molecule has 4 nitrogen and oxygen atoms in total. The summed E-state index contributed by atoms with van der Waals surface area (Å²) in [5.41, 5.74) is 11.7. The van der Waals surface area contributed by atoms with Gasteiger partial charge in [-0.1, -0.05) is 30.3 Å². The molecular formula is C11H16N4. The minimum Gasteiger partial charge on any atom is -0.370 e. The van der Waals surface area contributed by atoms with Crippen LogP contribution < -0.4 is 11.5 Å². The van der Waals surface area contributed by atoms with E-state index in [9.17, 15) is 0 Å². The molecule has 0 aliphatic heterocycles. The summed E-state index contributed by atoms with van der Waals surface area (Å²) in [4.78, 5) is 8.06. The molecule has 0 bridgehead atoms. The highest BCUT2D eigenvalue weighted by atomic mass is 15.0. The molecule has 80 valence electrons. The van der Waals surface area contributed by atoms with Crippen LogP contribution in [-0.2, 0) is 6.42 Å². The van der Waals surface area contributed by atoms with E-state index < -0.39 is 0 Å². The molecule has 0 aromatic heterocycles. The van der Waals surface area contributed by atoms with Crippen molar-refractivity contribution in [1.29, 1.82) is 0 Å². The number of aliphatic imine (C=N–C) groups is 2. The lowest BCUT2D eigenvalue weighted by Crippen LogP contribution is -2.23. The second-order valence-electron chi connectivity index (χ2n) is 3.20. The Bertz CT molecular complexity index is 350. The van der Waals surface area contributed by atoms with Crippen LogP contribution in [0.3, 0.4) is 0 Å². The lowest BCUT2D eigenvalue weighted by Gasteiger charge is -1.97. The van der Waals surface area contributed by atoms with E-state index in [4.69, 9.17) is 11.5 Å². The summed E-state index contributed by atoms with van der Waals surface area (Å²) in [6, 6.07) is 10.2. The van der Waals surface area contributed by atoms with Crippen molar-refractivity contribution in [3.8, 4) is 0 Å². The first kappa shape index (κ1) is 11.2. The van der Waals surface area contributed by atoms with Crippen molar-refractivity contribution < 1.29 is 0 Å². The summed E-state index contributed by atoms with van der Waals surface area (Å²) in [5, 5.41) is 0. The summed E-state index contributed by atoms with van der Waals surface area (Å²) >= 11 is 0. The number of hydrogen-bond donors (Lipinski definition) is 2. The van der Waals surface area contributed by atoms with E-state index >= 15 is 0 Å². The number of amidine groups is 1. The zero-order valence-electron chi connectivity index (χ0n) is 8.85. The SMILES string of the molecule is CC(N=C(N)N)=NCCc1ccccc1. The molecule has 0 saturated heterocycles. The first-order valence-electron chi connectivity index (χ1n) is 4.83. The quantitative estimate of drug-likeness (QED) is 0.567. The summed E-state index contributed by atoms with van der Waals surface area (Å²) in [7, 11) is 0. The van der Waals surface area contributed by atoms with Crippen LogP contribution in [0.15, 0.2) is 40.3 Å². The summed E-state index contributed by atoms with van der Waals surface area (Å²) in [6.45, 7) is 2.48. The average Bonchev–Trinajstić information content (AvgIpc) is 2.18. The summed E-state index contributed by atoms with van der Waals surface area (Å²) in [6.07, 6.45) is 0.901. The van der Waals surface area contributed by atoms with E-state index in [0.29, 0.717) is 12.4 Å². The molecule has 1 rings (SSSR count). The first-order chi connectivity index (χ1) is 7.18. The minimum atomic E-state index is 0.0518. The van der Waals surface area contributed by atoms with Gasteiger partial charge in [0.2, 0.25) is 0 Å². The standard InChI is InChI=1S/C11H16N4/c1-9(15-11(12)13)14-8-7-10-5-3-2-4-6-10/h2-6H,7-8H2,1H3,(H4,12,13,14,15). The average molecular weight is 204 g/mol. The lowest BCUT2D eigenvalue weighted by molar-refractivity contribution is 0.964. The molecule has 0 atom stereocenters. The van der Waals surface area contributed by atoms with Crippen LogP contribution in [0, 0.1) is 0 Å². The van der Waals surface area contributed by atoms with Gasteiger partial charge in [0.05, 0.1) is 0 Å². The molecular weight excluding hydrogens is 188 g/mol. The van der Waals surface area contributed by atoms with Gasteiger partial charge in [0.15, 0.2) is 5.96 Å². The van der Waals surface area contributed by atoms with Gasteiger partial charge in [-0.3, -0.25) is 4.99 Å². The number of hydrogen-bond acceptors (Lipinski definition) is 1. The number of nitrogens with two attached hydrogens (primary N) is 2. The molecule has 4 N–H and O–H groups in total. The molecule has 0 aliphatic rings. The highest BCUT2D eigenvalue weighted by Gasteiger charge is 1.91. The smallest absolute Gasteiger partial charge is 0.192 e. The molecule has 0 spiro atoms. The van der Waals surface area contributed by atoms with E-state index in [1.54, 1.807) is 6.92 Å². The van der Waals surface area contributed by atoms with E-state index in [-0.39, 0.29) is 5.96 Å². The molecule has 0 amide bonds. The Kier molecular flexibility index (Phi) is 4.34. The second kappa shape index (κ2) is 5.80. The molecule has 0 radical (unpaired) electrons. The van der Waals surface area contributed by atoms with Gasteiger partial charge in [-0.05, 0) is 18.9 Å². The van der Waals surface area contributed by atoms with Gasteiger partial charge in [-0.25, -0.2) is 4.99 Å². The number of nitrogens with zero attached hydrogens (tertiary/aromatic N) is 2. The number of guanidine groups is 1. The Morgan fingerprint density at radius 3 is 2.47 bits per heavy atom. The molecule has 0 saturated carbocycles. The Morgan fingerprint density at radius 2 is 1.87 bits per heavy atom. The molecule has 0 unspecified atom stereocenters. The fourth-order valence-corrected chi connectivity index (χ4v) is 1.21. The predicted molar refractivity (Wildman–Crippen MR) is 63.9 cm³/mol. The van der Waals surface area contributed by atoms with Gasteiger partial charge in [-0.2, -0.15) is 0 Å². The highest BCUT2D eigenvalue weighted by molar-refractivity contribution is 5.93. The van der Waals surface area contributed by atoms with Crippen LogP contribution in [-0.4, -0.2) is 18.3 Å². The third-order valence-corrected chi connectivity index (χ3v) is 1.87. The fraction of sp³-hybridized carbons (Fsp3) is 0.273. The van der Waals surface area contributed by atoms with Crippen LogP contribution in [0.25, 0.3) is 0 Å². The molecule has 1 aromatic carbocycles. The van der Waals surface area contributed by atoms with Gasteiger partial charge in [0.25, 0.3) is 0 Å². The van der Waals surface area contributed by atoms with Gasteiger partial charge < -0.3 is 11.5 Å². The molecule has 1 aromatic rings. The van der Waals surface area contributed by atoms with Crippen molar-refractivity contribution in [2.75, 3.05) is 6.54 Å². The minimum absolute atomic E-state index is 0.0518. The third-order valence-electron chi connectivity index (χ3n) is 1.87. The predicted octanol–water partition coefficient (Wildman–Crippen LogP) is 0.921. The van der Waals surface area contributed by atoms with E-state index in [2.05, 4.69) is 22.1 Å². The van der Waals surface area contributed by atoms with Crippen molar-refractivity contribution in [2.45, 2.75) is 13.3 Å². The molecule has 0 heterocycles. The topological polar surface area (TPSA) is 76.8 Å². The zero-order valence-corrected chi connectivity index (χ0v) is 8.85. The Labute approximate surface area is 89.7 Å². The molecule has 0 fully saturated rings. The van der Waals surface area contributed by atoms with Crippen LogP contribution >= 0.6 is 0 Å². The van der Waals surface area contributed by atoms with Crippen LogP contribution in [0.4, 0.5) is 0 Å². The molecule has 4 heteroatoms. The van der Waals surface area contributed by atoms with Crippen molar-refractivity contribution in [3.63, 3.8) is 0 Å². The zero-order chi connectivity index (χ0) is 11.1. The highest BCUT2D eigenvalue weighted by Crippen LogP contribution is 1.99. The fourth-order valence-electron chi connectivity index (χ4n) is 1.21. The Morgan fingerprint density at radius 1 is 1.20 bits per heavy atom. The van der Waals surface area contributed by atoms with Gasteiger partial charge in [-0.15, -0.1) is 0 Å². The second-order valence-corrected chi connectivity index (χ2v) is 3.20. The Hall–Kier alpha value is -1.84. The van der Waals surface area contributed by atoms with Gasteiger partial charge >= 0.3 is 0 Å². The van der Waals surface area contributed by atoms with E-state index in [1.165, 1.54) is 5.56 Å². The first-order valence-corrected chi connectivity index (χ1v) is 4.83. The number of benzene rings is 1. The van der Waals surface area contributed by atoms with Gasteiger partial charge in [0, 0.05) is 6.54 Å². The summed E-state index contributed by atoms with van der Waals surface area (Å²) < 4.78 is 0. The summed E-state index contributed by atoms with van der Waals surface area (Å²) in [5.74, 6) is 0.668. The van der Waals surface area contributed by atoms with Crippen molar-refractivity contribution >= 4 is 11.8 Å². The molecule has 0 aliphatic carbocycles. The molecule has 15 heavy (non-hydrogen) atoms. The van der Waals surface area contributed by atoms with Crippen molar-refractivity contribution in [2.24, 2.45) is 21.5 Å². The van der Waals surface area contributed by atoms with Crippen molar-refractivity contribution in [3.05, 3.63) is 35.9 Å². The Balaban J connectivity index is 2.42. The van der Waals surface area contributed by atoms with Gasteiger partial charge in [0.1, 0.15) is 5.84 Å². The van der Waals surface area contributed by atoms with Crippen LogP contribution in [0.2, 0.25) is 0 Å². The number of rotatable bonds is 3. The van der Waals surface area contributed by atoms with E-state index in [1.807, 2.05) is 18.2 Å². The maximum atomic E-state index is 5.22. The maximum absolute atomic E-state index is 5.22. The largest absolute Gasteiger partial charge is 0.370 e. The van der Waals surface area contributed by atoms with Crippen molar-refractivity contribution in [1.82, 2.24) is 0 Å². The maximum Gasteiger partial charge on any atom is 0.192 e. The third kappa shape index (κ3) is 4.81. The van der Waals surface area contributed by atoms with Crippen LogP contribution in [0.1, 0.15) is 12.5 Å². The normalized spacial score (nSPS) is 11.1. The van der Waals surface area contributed by atoms with Crippen LogP contribution in [0.5, 0.6) is 0 Å².